The molecule has 1 atom stereocenters. The average molecular weight is 258 g/mol. The second-order valence-electron chi connectivity index (χ2n) is 4.59. The SMILES string of the molecule is CCOC(=O)C1CCCCN1c1ccccc1C#N. The number of carbonyl (C=O) groups is 1. The van der Waals surface area contributed by atoms with Gasteiger partial charge < -0.3 is 9.64 Å². The molecule has 1 aromatic rings. The average Bonchev–Trinajstić information content (AvgIpc) is 2.47. The van der Waals surface area contributed by atoms with Gasteiger partial charge in [0, 0.05) is 6.54 Å². The summed E-state index contributed by atoms with van der Waals surface area (Å²) in [4.78, 5) is 14.0. The highest BCUT2D eigenvalue weighted by Crippen LogP contribution is 2.28. The van der Waals surface area contributed by atoms with E-state index in [9.17, 15) is 10.1 Å². The third-order valence-corrected chi connectivity index (χ3v) is 3.40. The molecule has 1 unspecified atom stereocenters. The van der Waals surface area contributed by atoms with Crippen molar-refractivity contribution in [2.75, 3.05) is 18.1 Å². The van der Waals surface area contributed by atoms with Crippen molar-refractivity contribution >= 4 is 11.7 Å². The Balaban J connectivity index is 2.29. The highest BCUT2D eigenvalue weighted by molar-refractivity contribution is 5.81. The van der Waals surface area contributed by atoms with Crippen molar-refractivity contribution in [3.05, 3.63) is 29.8 Å². The summed E-state index contributed by atoms with van der Waals surface area (Å²) in [5.74, 6) is -0.185. The molecule has 4 heteroatoms. The van der Waals surface area contributed by atoms with Crippen LogP contribution in [-0.4, -0.2) is 25.2 Å². The molecule has 0 bridgehead atoms. The lowest BCUT2D eigenvalue weighted by Gasteiger charge is -2.36. The van der Waals surface area contributed by atoms with E-state index in [1.807, 2.05) is 30.0 Å². The summed E-state index contributed by atoms with van der Waals surface area (Å²) < 4.78 is 5.14. The highest BCUT2D eigenvalue weighted by Gasteiger charge is 2.31. The molecule has 1 saturated heterocycles. The van der Waals surface area contributed by atoms with Crippen molar-refractivity contribution in [1.29, 1.82) is 5.26 Å². The number of esters is 1. The summed E-state index contributed by atoms with van der Waals surface area (Å²) in [5, 5.41) is 9.18. The molecule has 0 aliphatic carbocycles. The molecule has 2 rings (SSSR count). The number of rotatable bonds is 3. The van der Waals surface area contributed by atoms with Crippen LogP contribution < -0.4 is 4.90 Å². The van der Waals surface area contributed by atoms with Crippen LogP contribution in [0, 0.1) is 11.3 Å². The summed E-state index contributed by atoms with van der Waals surface area (Å²) in [5.41, 5.74) is 1.45. The van der Waals surface area contributed by atoms with Gasteiger partial charge in [0.1, 0.15) is 12.1 Å². The number of hydrogen-bond donors (Lipinski definition) is 0. The van der Waals surface area contributed by atoms with Gasteiger partial charge in [0.25, 0.3) is 0 Å². The van der Waals surface area contributed by atoms with E-state index in [1.165, 1.54) is 0 Å². The van der Waals surface area contributed by atoms with E-state index in [1.54, 1.807) is 6.07 Å². The van der Waals surface area contributed by atoms with E-state index >= 15 is 0 Å². The molecule has 0 N–H and O–H groups in total. The number of anilines is 1. The van der Waals surface area contributed by atoms with Gasteiger partial charge in [-0.15, -0.1) is 0 Å². The van der Waals surface area contributed by atoms with Crippen LogP contribution in [0.3, 0.4) is 0 Å². The maximum atomic E-state index is 12.0. The molecule has 1 aliphatic heterocycles. The third-order valence-electron chi connectivity index (χ3n) is 3.40. The fourth-order valence-electron chi connectivity index (χ4n) is 2.52. The molecular weight excluding hydrogens is 240 g/mol. The van der Waals surface area contributed by atoms with Crippen LogP contribution in [0.2, 0.25) is 0 Å². The number of nitrogens with zero attached hydrogens (tertiary/aromatic N) is 2. The molecule has 1 heterocycles. The maximum Gasteiger partial charge on any atom is 0.328 e. The van der Waals surface area contributed by atoms with Crippen molar-refractivity contribution in [1.82, 2.24) is 0 Å². The lowest BCUT2D eigenvalue weighted by Crippen LogP contribution is -2.46. The Hall–Kier alpha value is -2.02. The molecule has 0 radical (unpaired) electrons. The molecule has 0 aromatic heterocycles. The minimum absolute atomic E-state index is 0.185. The van der Waals surface area contributed by atoms with Gasteiger partial charge in [0.2, 0.25) is 0 Å². The molecule has 4 nitrogen and oxygen atoms in total. The second kappa shape index (κ2) is 6.24. The van der Waals surface area contributed by atoms with Gasteiger partial charge in [-0.1, -0.05) is 12.1 Å². The summed E-state index contributed by atoms with van der Waals surface area (Å²) >= 11 is 0. The van der Waals surface area contributed by atoms with E-state index < -0.39 is 0 Å². The van der Waals surface area contributed by atoms with Crippen LogP contribution in [0.5, 0.6) is 0 Å². The van der Waals surface area contributed by atoms with Crippen molar-refractivity contribution in [2.24, 2.45) is 0 Å². The Labute approximate surface area is 113 Å². The van der Waals surface area contributed by atoms with Gasteiger partial charge in [-0.25, -0.2) is 4.79 Å². The number of hydrogen-bond acceptors (Lipinski definition) is 4. The first-order chi connectivity index (χ1) is 9.27. The zero-order valence-electron chi connectivity index (χ0n) is 11.1. The van der Waals surface area contributed by atoms with Crippen molar-refractivity contribution < 1.29 is 9.53 Å². The monoisotopic (exact) mass is 258 g/mol. The topological polar surface area (TPSA) is 53.3 Å². The minimum Gasteiger partial charge on any atom is -0.464 e. The number of ether oxygens (including phenoxy) is 1. The first-order valence-corrected chi connectivity index (χ1v) is 6.70. The molecule has 1 aliphatic rings. The minimum atomic E-state index is -0.261. The number of nitriles is 1. The summed E-state index contributed by atoms with van der Waals surface area (Å²) in [6, 6.07) is 9.35. The van der Waals surface area contributed by atoms with Crippen LogP contribution in [-0.2, 0) is 9.53 Å². The zero-order valence-corrected chi connectivity index (χ0v) is 11.1. The van der Waals surface area contributed by atoms with E-state index in [0.29, 0.717) is 12.2 Å². The van der Waals surface area contributed by atoms with Crippen LogP contribution in [0.1, 0.15) is 31.7 Å². The van der Waals surface area contributed by atoms with Crippen LogP contribution in [0.25, 0.3) is 0 Å². The molecule has 1 fully saturated rings. The fourth-order valence-corrected chi connectivity index (χ4v) is 2.52. The number of benzene rings is 1. The Bertz CT molecular complexity index is 493. The standard InChI is InChI=1S/C15H18N2O2/c1-2-19-15(18)14-9-5-6-10-17(14)13-8-4-3-7-12(13)11-16/h3-4,7-8,14H,2,5-6,9-10H2,1H3. The molecule has 19 heavy (non-hydrogen) atoms. The Morgan fingerprint density at radius 1 is 1.47 bits per heavy atom. The highest BCUT2D eigenvalue weighted by atomic mass is 16.5. The smallest absolute Gasteiger partial charge is 0.328 e. The summed E-state index contributed by atoms with van der Waals surface area (Å²) in [6.45, 7) is 3.00. The predicted molar refractivity (Wildman–Crippen MR) is 72.8 cm³/mol. The fraction of sp³-hybridized carbons (Fsp3) is 0.467. The van der Waals surface area contributed by atoms with E-state index in [2.05, 4.69) is 6.07 Å². The Morgan fingerprint density at radius 3 is 3.00 bits per heavy atom. The van der Waals surface area contributed by atoms with Crippen molar-refractivity contribution in [3.63, 3.8) is 0 Å². The van der Waals surface area contributed by atoms with Gasteiger partial charge in [-0.05, 0) is 38.3 Å². The molecule has 0 amide bonds. The maximum absolute atomic E-state index is 12.0. The first kappa shape index (κ1) is 13.4. The molecule has 0 spiro atoms. The molecule has 1 aromatic carbocycles. The normalized spacial score (nSPS) is 18.7. The Morgan fingerprint density at radius 2 is 2.26 bits per heavy atom. The first-order valence-electron chi connectivity index (χ1n) is 6.70. The third kappa shape index (κ3) is 2.87. The molecule has 0 saturated carbocycles. The molecular formula is C15H18N2O2. The van der Waals surface area contributed by atoms with Crippen molar-refractivity contribution in [3.8, 4) is 6.07 Å². The van der Waals surface area contributed by atoms with Crippen LogP contribution in [0.4, 0.5) is 5.69 Å². The van der Waals surface area contributed by atoms with Gasteiger partial charge in [-0.2, -0.15) is 5.26 Å². The Kier molecular flexibility index (Phi) is 4.40. The zero-order chi connectivity index (χ0) is 13.7. The van der Waals surface area contributed by atoms with Crippen LogP contribution in [0.15, 0.2) is 24.3 Å². The van der Waals surface area contributed by atoms with Gasteiger partial charge in [0.05, 0.1) is 17.9 Å². The van der Waals surface area contributed by atoms with Crippen molar-refractivity contribution in [2.45, 2.75) is 32.2 Å². The number of para-hydroxylation sites is 1. The van der Waals surface area contributed by atoms with E-state index in [4.69, 9.17) is 4.74 Å². The lowest BCUT2D eigenvalue weighted by atomic mass is 10.00. The van der Waals surface area contributed by atoms with E-state index in [0.717, 1.165) is 31.5 Å². The number of piperidine rings is 1. The quantitative estimate of drug-likeness (QED) is 0.782. The summed E-state index contributed by atoms with van der Waals surface area (Å²) in [7, 11) is 0. The largest absolute Gasteiger partial charge is 0.464 e. The van der Waals surface area contributed by atoms with Gasteiger partial charge in [0.15, 0.2) is 0 Å². The van der Waals surface area contributed by atoms with Gasteiger partial charge in [-0.3, -0.25) is 0 Å². The van der Waals surface area contributed by atoms with E-state index in [-0.39, 0.29) is 12.0 Å². The number of carbonyl (C=O) groups excluding carboxylic acids is 1. The lowest BCUT2D eigenvalue weighted by molar-refractivity contribution is -0.145. The predicted octanol–water partition coefficient (Wildman–Crippen LogP) is 2.48. The van der Waals surface area contributed by atoms with Gasteiger partial charge >= 0.3 is 5.97 Å². The molecule has 100 valence electrons. The summed E-state index contributed by atoms with van der Waals surface area (Å²) in [6.07, 6.45) is 2.85. The van der Waals surface area contributed by atoms with Crippen LogP contribution >= 0.6 is 0 Å². The second-order valence-corrected chi connectivity index (χ2v) is 4.59.